The highest BCUT2D eigenvalue weighted by molar-refractivity contribution is 5.92. The molecule has 4 fully saturated rings. The van der Waals surface area contributed by atoms with Crippen molar-refractivity contribution >= 4 is 5.78 Å². The summed E-state index contributed by atoms with van der Waals surface area (Å²) in [4.78, 5) is 45.8. The van der Waals surface area contributed by atoms with Crippen LogP contribution in [0.25, 0.3) is 0 Å². The van der Waals surface area contributed by atoms with E-state index in [4.69, 9.17) is 0 Å². The molecule has 4 saturated heterocycles. The molecule has 4 aliphatic rings. The second kappa shape index (κ2) is 3.97. The molecule has 0 amide bonds. The van der Waals surface area contributed by atoms with Gasteiger partial charge in [-0.1, -0.05) is 13.8 Å². The van der Waals surface area contributed by atoms with E-state index in [1.807, 2.05) is 13.8 Å². The third-order valence-electron chi connectivity index (χ3n) is 5.43. The zero-order chi connectivity index (χ0) is 15.9. The molecule has 0 atom stereocenters. The third kappa shape index (κ3) is 1.60. The molecular formula is C15H20N4O3. The molecular weight excluding hydrogens is 284 g/mol. The van der Waals surface area contributed by atoms with Crippen molar-refractivity contribution in [1.82, 2.24) is 19.8 Å². The first-order chi connectivity index (χ1) is 10.2. The minimum atomic E-state index is -0.478. The van der Waals surface area contributed by atoms with Gasteiger partial charge in [-0.2, -0.15) is 0 Å². The molecule has 7 nitrogen and oxygen atoms in total. The Labute approximate surface area is 127 Å². The van der Waals surface area contributed by atoms with Crippen molar-refractivity contribution in [3.05, 3.63) is 32.1 Å². The molecule has 0 unspecified atom stereocenters. The van der Waals surface area contributed by atoms with E-state index in [-0.39, 0.29) is 22.6 Å². The van der Waals surface area contributed by atoms with Gasteiger partial charge in [0.2, 0.25) is 0 Å². The average Bonchev–Trinajstić information content (AvgIpc) is 2.36. The van der Waals surface area contributed by atoms with Gasteiger partial charge < -0.3 is 4.98 Å². The highest BCUT2D eigenvalue weighted by Crippen LogP contribution is 2.51. The van der Waals surface area contributed by atoms with E-state index in [0.29, 0.717) is 43.2 Å². The number of aromatic amines is 2. The van der Waals surface area contributed by atoms with Gasteiger partial charge in [-0.05, 0) is 6.92 Å². The molecule has 4 aliphatic heterocycles. The van der Waals surface area contributed by atoms with Crippen molar-refractivity contribution in [3.8, 4) is 0 Å². The molecule has 0 saturated carbocycles. The Morgan fingerprint density at radius 3 is 1.91 bits per heavy atom. The van der Waals surface area contributed by atoms with E-state index in [1.165, 1.54) is 0 Å². The zero-order valence-electron chi connectivity index (χ0n) is 13.0. The maximum absolute atomic E-state index is 12.7. The van der Waals surface area contributed by atoms with Crippen LogP contribution < -0.4 is 11.2 Å². The number of aromatic nitrogens is 2. The fourth-order valence-corrected chi connectivity index (χ4v) is 4.88. The summed E-state index contributed by atoms with van der Waals surface area (Å²) in [6.45, 7) is 8.47. The van der Waals surface area contributed by atoms with Gasteiger partial charge in [-0.3, -0.25) is 24.4 Å². The van der Waals surface area contributed by atoms with Crippen LogP contribution in [0.5, 0.6) is 0 Å². The van der Waals surface area contributed by atoms with Gasteiger partial charge in [0.1, 0.15) is 5.78 Å². The van der Waals surface area contributed by atoms with Crippen molar-refractivity contribution in [2.45, 2.75) is 26.9 Å². The molecule has 4 bridgehead atoms. The molecule has 118 valence electrons. The number of rotatable bonds is 1. The van der Waals surface area contributed by atoms with Crippen LogP contribution in [0.15, 0.2) is 9.59 Å². The maximum Gasteiger partial charge on any atom is 0.325 e. The van der Waals surface area contributed by atoms with Crippen molar-refractivity contribution in [2.24, 2.45) is 10.8 Å². The molecule has 0 aromatic carbocycles. The van der Waals surface area contributed by atoms with Gasteiger partial charge in [0.25, 0.3) is 5.56 Å². The molecule has 22 heavy (non-hydrogen) atoms. The lowest BCUT2D eigenvalue weighted by Crippen LogP contribution is -2.75. The van der Waals surface area contributed by atoms with Crippen LogP contribution in [0.1, 0.15) is 31.3 Å². The Kier molecular flexibility index (Phi) is 2.51. The van der Waals surface area contributed by atoms with Crippen LogP contribution in [0.4, 0.5) is 0 Å². The van der Waals surface area contributed by atoms with Crippen molar-refractivity contribution < 1.29 is 4.79 Å². The first kappa shape index (κ1) is 13.9. The molecule has 0 aliphatic carbocycles. The average molecular weight is 304 g/mol. The summed E-state index contributed by atoms with van der Waals surface area (Å²) in [5.74, 6) is 0.345. The lowest BCUT2D eigenvalue weighted by Gasteiger charge is -2.64. The zero-order valence-corrected chi connectivity index (χ0v) is 13.0. The van der Waals surface area contributed by atoms with Crippen LogP contribution >= 0.6 is 0 Å². The van der Waals surface area contributed by atoms with Gasteiger partial charge >= 0.3 is 5.69 Å². The summed E-state index contributed by atoms with van der Waals surface area (Å²) in [6.07, 6.45) is -0.158. The largest absolute Gasteiger partial charge is 0.325 e. The summed E-state index contributed by atoms with van der Waals surface area (Å²) in [5, 5.41) is 0. The summed E-state index contributed by atoms with van der Waals surface area (Å²) >= 11 is 0. The van der Waals surface area contributed by atoms with Gasteiger partial charge in [0.15, 0.2) is 0 Å². The molecule has 7 heteroatoms. The number of ketones is 1. The molecule has 2 N–H and O–H groups in total. The second-order valence-corrected chi connectivity index (χ2v) is 7.58. The van der Waals surface area contributed by atoms with Crippen LogP contribution in [-0.2, 0) is 4.79 Å². The summed E-state index contributed by atoms with van der Waals surface area (Å²) in [6, 6.07) is 0. The number of nitrogens with zero attached hydrogens (tertiary/aromatic N) is 2. The smallest absolute Gasteiger partial charge is 0.311 e. The van der Waals surface area contributed by atoms with Crippen molar-refractivity contribution in [2.75, 3.05) is 26.2 Å². The predicted molar refractivity (Wildman–Crippen MR) is 79.5 cm³/mol. The number of aryl methyl sites for hydroxylation is 1. The van der Waals surface area contributed by atoms with Crippen LogP contribution in [0, 0.1) is 17.8 Å². The van der Waals surface area contributed by atoms with Gasteiger partial charge in [-0.25, -0.2) is 4.79 Å². The number of nitrogens with one attached hydrogen (secondary N) is 2. The normalized spacial score (nSPS) is 42.9. The molecule has 0 spiro atoms. The summed E-state index contributed by atoms with van der Waals surface area (Å²) in [5.41, 5.74) is -0.324. The SMILES string of the molecule is Cc1[nH]c(=O)[nH]c(=O)c1C1N2CC3(C)CN1CC(C)(C2)C3=O. The summed E-state index contributed by atoms with van der Waals surface area (Å²) in [7, 11) is 0. The highest BCUT2D eigenvalue weighted by atomic mass is 16.2. The standard InChI is InChI=1S/C15H20N4O3/c1-8-9(10(20)17-13(22)16-8)11-18-4-14(2)5-19(11)7-15(3,6-18)12(14)21/h11H,4-7H2,1-3H3,(H2,16,17,20,22). The first-order valence-corrected chi connectivity index (χ1v) is 7.60. The Morgan fingerprint density at radius 1 is 0.955 bits per heavy atom. The predicted octanol–water partition coefficient (Wildman–Crippen LogP) is -0.403. The van der Waals surface area contributed by atoms with E-state index in [2.05, 4.69) is 19.8 Å². The molecule has 0 radical (unpaired) electrons. The van der Waals surface area contributed by atoms with Crippen molar-refractivity contribution in [1.29, 1.82) is 0 Å². The van der Waals surface area contributed by atoms with Gasteiger partial charge in [-0.15, -0.1) is 0 Å². The van der Waals surface area contributed by atoms with Crippen molar-refractivity contribution in [3.63, 3.8) is 0 Å². The lowest BCUT2D eigenvalue weighted by atomic mass is 9.62. The Hall–Kier alpha value is -1.73. The quantitative estimate of drug-likeness (QED) is 0.737. The molecule has 1 aromatic rings. The minimum absolute atomic E-state index is 0.158. The second-order valence-electron chi connectivity index (χ2n) is 7.58. The van der Waals surface area contributed by atoms with E-state index in [0.717, 1.165) is 0 Å². The number of carbonyl (C=O) groups excluding carboxylic acids is 1. The number of carbonyl (C=O) groups is 1. The Balaban J connectivity index is 1.84. The van der Waals surface area contributed by atoms with E-state index in [1.54, 1.807) is 6.92 Å². The number of H-pyrrole nitrogens is 2. The number of hydrogen-bond donors (Lipinski definition) is 2. The number of Topliss-reactive ketones (excluding diaryl/α,β-unsaturated/α-hetero) is 1. The number of piperidine rings is 2. The van der Waals surface area contributed by atoms with E-state index < -0.39 is 5.69 Å². The summed E-state index contributed by atoms with van der Waals surface area (Å²) < 4.78 is 0. The van der Waals surface area contributed by atoms with Gasteiger partial charge in [0.05, 0.1) is 22.6 Å². The lowest BCUT2D eigenvalue weighted by molar-refractivity contribution is -0.197. The fraction of sp³-hybridized carbons (Fsp3) is 0.667. The Bertz CT molecular complexity index is 753. The monoisotopic (exact) mass is 304 g/mol. The third-order valence-corrected chi connectivity index (χ3v) is 5.43. The van der Waals surface area contributed by atoms with Crippen LogP contribution in [0.2, 0.25) is 0 Å². The van der Waals surface area contributed by atoms with E-state index in [9.17, 15) is 14.4 Å². The maximum atomic E-state index is 12.7. The minimum Gasteiger partial charge on any atom is -0.311 e. The van der Waals surface area contributed by atoms with Crippen LogP contribution in [0.3, 0.4) is 0 Å². The van der Waals surface area contributed by atoms with E-state index >= 15 is 0 Å². The first-order valence-electron chi connectivity index (χ1n) is 7.60. The fourth-order valence-electron chi connectivity index (χ4n) is 4.88. The molecule has 5 heterocycles. The number of hydrogen-bond acceptors (Lipinski definition) is 5. The molecule has 1 aromatic heterocycles. The topological polar surface area (TPSA) is 89.3 Å². The highest BCUT2D eigenvalue weighted by Gasteiger charge is 2.62. The van der Waals surface area contributed by atoms with Crippen LogP contribution in [-0.4, -0.2) is 51.7 Å². The Morgan fingerprint density at radius 2 is 1.45 bits per heavy atom. The molecule has 5 rings (SSSR count). The van der Waals surface area contributed by atoms with Gasteiger partial charge in [0, 0.05) is 31.9 Å².